The predicted molar refractivity (Wildman–Crippen MR) is 130 cm³/mol. The van der Waals surface area contributed by atoms with Crippen LogP contribution in [0.2, 0.25) is 0 Å². The van der Waals surface area contributed by atoms with Crippen molar-refractivity contribution in [2.75, 3.05) is 5.88 Å². The van der Waals surface area contributed by atoms with Crippen molar-refractivity contribution in [3.8, 4) is 17.2 Å². The van der Waals surface area contributed by atoms with Crippen molar-refractivity contribution in [2.24, 2.45) is 0 Å². The van der Waals surface area contributed by atoms with E-state index in [2.05, 4.69) is 40.6 Å². The lowest BCUT2D eigenvalue weighted by molar-refractivity contribution is 0.0694. The van der Waals surface area contributed by atoms with Gasteiger partial charge in [0, 0.05) is 40.0 Å². The zero-order valence-electron chi connectivity index (χ0n) is 17.4. The molecule has 1 aliphatic rings. The van der Waals surface area contributed by atoms with Gasteiger partial charge in [0.25, 0.3) is 0 Å². The highest BCUT2D eigenvalue weighted by Gasteiger charge is 2.23. The van der Waals surface area contributed by atoms with Gasteiger partial charge in [0.05, 0.1) is 24.1 Å². The van der Waals surface area contributed by atoms with E-state index < -0.39 is 0 Å². The topological polar surface area (TPSA) is 57.9 Å². The molecule has 4 nitrogen and oxygen atoms in total. The number of nitriles is 1. The Morgan fingerprint density at radius 3 is 2.66 bits per heavy atom. The molecule has 156 valence electrons. The van der Waals surface area contributed by atoms with Crippen LogP contribution in [0.4, 0.5) is 0 Å². The first-order valence-corrected chi connectivity index (χ1v) is 11.4. The fraction of sp³-hybridized carbons (Fsp3) is 0.111. The summed E-state index contributed by atoms with van der Waals surface area (Å²) in [4.78, 5) is 5.56. The van der Waals surface area contributed by atoms with Gasteiger partial charge in [-0.15, -0.1) is 11.8 Å². The van der Waals surface area contributed by atoms with Gasteiger partial charge in [-0.1, -0.05) is 60.7 Å². The minimum atomic E-state index is -0.218. The van der Waals surface area contributed by atoms with E-state index in [1.54, 1.807) is 11.8 Å². The number of hydrogen-bond acceptors (Lipinski definition) is 5. The van der Waals surface area contributed by atoms with Gasteiger partial charge in [0.15, 0.2) is 0 Å². The van der Waals surface area contributed by atoms with Crippen LogP contribution in [-0.2, 0) is 11.3 Å². The highest BCUT2D eigenvalue weighted by atomic mass is 32.2. The summed E-state index contributed by atoms with van der Waals surface area (Å²) in [5.74, 6) is 0.830. The number of nitrogens with zero attached hydrogens (tertiary/aromatic N) is 2. The molecule has 3 aromatic carbocycles. The second-order valence-corrected chi connectivity index (χ2v) is 8.59. The Morgan fingerprint density at radius 2 is 1.84 bits per heavy atom. The van der Waals surface area contributed by atoms with Crippen molar-refractivity contribution >= 4 is 22.5 Å². The molecule has 5 heteroatoms. The van der Waals surface area contributed by atoms with E-state index in [9.17, 15) is 5.26 Å². The van der Waals surface area contributed by atoms with Crippen LogP contribution >= 0.6 is 11.8 Å². The summed E-state index contributed by atoms with van der Waals surface area (Å²) < 4.78 is 6.42. The van der Waals surface area contributed by atoms with Gasteiger partial charge >= 0.3 is 0 Å². The molecule has 1 aromatic heterocycles. The van der Waals surface area contributed by atoms with Crippen molar-refractivity contribution in [3.63, 3.8) is 0 Å². The average Bonchev–Trinajstić information content (AvgIpc) is 3.39. The van der Waals surface area contributed by atoms with Crippen LogP contribution in [0.1, 0.15) is 22.8 Å². The molecular formula is C27H21N3OS. The van der Waals surface area contributed by atoms with E-state index in [0.29, 0.717) is 12.2 Å². The first-order valence-electron chi connectivity index (χ1n) is 10.4. The average molecular weight is 436 g/mol. The van der Waals surface area contributed by atoms with Gasteiger partial charge in [-0.2, -0.15) is 5.26 Å². The summed E-state index contributed by atoms with van der Waals surface area (Å²) in [6.07, 6.45) is 5.50. The minimum Gasteiger partial charge on any atom is -0.381 e. The summed E-state index contributed by atoms with van der Waals surface area (Å²) in [5, 5.41) is 15.2. The third kappa shape index (κ3) is 4.11. The Morgan fingerprint density at radius 1 is 1.00 bits per heavy atom. The Balaban J connectivity index is 1.57. The molecule has 0 radical (unpaired) electrons. The van der Waals surface area contributed by atoms with Crippen LogP contribution in [0.3, 0.4) is 0 Å². The van der Waals surface area contributed by atoms with Crippen molar-refractivity contribution in [3.05, 3.63) is 113 Å². The monoisotopic (exact) mass is 435 g/mol. The molecule has 1 unspecified atom stereocenters. The Hall–Kier alpha value is -3.59. The first kappa shape index (κ1) is 20.3. The number of ether oxygens (including phenoxy) is 1. The molecule has 2 heterocycles. The molecule has 0 bridgehead atoms. The SMILES string of the molecule is N#Cc1ccc(C(OCc2ccccc2)C2=CNCS2)cc1-c1cncc2ccccc12. The molecule has 0 spiro atoms. The summed E-state index contributed by atoms with van der Waals surface area (Å²) in [6.45, 7) is 0.508. The number of benzene rings is 3. The van der Waals surface area contributed by atoms with Gasteiger partial charge in [-0.3, -0.25) is 4.98 Å². The van der Waals surface area contributed by atoms with Crippen LogP contribution in [-0.4, -0.2) is 10.9 Å². The van der Waals surface area contributed by atoms with Crippen molar-refractivity contribution in [1.29, 1.82) is 5.26 Å². The van der Waals surface area contributed by atoms with E-state index in [1.807, 2.05) is 67.1 Å². The van der Waals surface area contributed by atoms with E-state index in [0.717, 1.165) is 43.8 Å². The lowest BCUT2D eigenvalue weighted by Crippen LogP contribution is -2.07. The van der Waals surface area contributed by atoms with Gasteiger partial charge in [-0.05, 0) is 28.6 Å². The molecule has 1 N–H and O–H groups in total. The van der Waals surface area contributed by atoms with E-state index in [-0.39, 0.29) is 6.10 Å². The van der Waals surface area contributed by atoms with Crippen molar-refractivity contribution < 1.29 is 4.74 Å². The Labute approximate surface area is 191 Å². The number of pyridine rings is 1. The second-order valence-electron chi connectivity index (χ2n) is 7.54. The van der Waals surface area contributed by atoms with Crippen molar-refractivity contribution in [1.82, 2.24) is 10.3 Å². The standard InChI is InChI=1S/C27H21N3OS/c28-13-21-11-10-20(12-24(21)25-15-29-14-22-8-4-5-9-23(22)25)27(26-16-30-18-32-26)31-17-19-6-2-1-3-7-19/h1-12,14-16,27,30H,17-18H2. The molecule has 4 aromatic rings. The van der Waals surface area contributed by atoms with Crippen LogP contribution in [0.15, 0.2) is 96.3 Å². The maximum absolute atomic E-state index is 9.82. The summed E-state index contributed by atoms with van der Waals surface area (Å²) in [7, 11) is 0. The maximum Gasteiger partial charge on any atom is 0.115 e. The Bertz CT molecular complexity index is 1320. The smallest absolute Gasteiger partial charge is 0.115 e. The molecule has 0 saturated heterocycles. The molecule has 5 rings (SSSR count). The fourth-order valence-electron chi connectivity index (χ4n) is 3.93. The van der Waals surface area contributed by atoms with Crippen LogP contribution in [0.25, 0.3) is 21.9 Å². The molecule has 0 aliphatic carbocycles. The molecule has 0 fully saturated rings. The second kappa shape index (κ2) is 9.27. The molecule has 0 saturated carbocycles. The third-order valence-corrected chi connectivity index (χ3v) is 6.49. The lowest BCUT2D eigenvalue weighted by Gasteiger charge is -2.20. The molecular weight excluding hydrogens is 414 g/mol. The number of thioether (sulfide) groups is 1. The van der Waals surface area contributed by atoms with Gasteiger partial charge < -0.3 is 10.1 Å². The number of aromatic nitrogens is 1. The Kier molecular flexibility index (Phi) is 5.89. The van der Waals surface area contributed by atoms with Crippen molar-refractivity contribution in [2.45, 2.75) is 12.7 Å². The number of hydrogen-bond donors (Lipinski definition) is 1. The number of rotatable bonds is 6. The van der Waals surface area contributed by atoms with Crippen LogP contribution in [0, 0.1) is 11.3 Å². The first-order chi connectivity index (χ1) is 15.8. The highest BCUT2D eigenvalue weighted by molar-refractivity contribution is 8.03. The summed E-state index contributed by atoms with van der Waals surface area (Å²) in [6, 6.07) is 26.6. The lowest BCUT2D eigenvalue weighted by atomic mass is 9.94. The van der Waals surface area contributed by atoms with E-state index >= 15 is 0 Å². The minimum absolute atomic E-state index is 0.218. The third-order valence-electron chi connectivity index (χ3n) is 5.51. The summed E-state index contributed by atoms with van der Waals surface area (Å²) in [5.41, 5.74) is 4.60. The van der Waals surface area contributed by atoms with Crippen LogP contribution in [0.5, 0.6) is 0 Å². The van der Waals surface area contributed by atoms with E-state index in [4.69, 9.17) is 4.74 Å². The number of nitrogens with one attached hydrogen (secondary N) is 1. The molecule has 0 amide bonds. The van der Waals surface area contributed by atoms with Crippen LogP contribution < -0.4 is 5.32 Å². The molecule has 32 heavy (non-hydrogen) atoms. The van der Waals surface area contributed by atoms with E-state index in [1.165, 1.54) is 0 Å². The zero-order chi connectivity index (χ0) is 21.8. The van der Waals surface area contributed by atoms with Gasteiger partial charge in [0.1, 0.15) is 6.10 Å². The largest absolute Gasteiger partial charge is 0.381 e. The van der Waals surface area contributed by atoms with Gasteiger partial charge in [-0.25, -0.2) is 0 Å². The molecule has 1 atom stereocenters. The quantitative estimate of drug-likeness (QED) is 0.393. The fourth-order valence-corrected chi connectivity index (χ4v) is 4.79. The normalized spacial score (nSPS) is 13.9. The zero-order valence-corrected chi connectivity index (χ0v) is 18.2. The predicted octanol–water partition coefficient (Wildman–Crippen LogP) is 6.17. The number of fused-ring (bicyclic) bond motifs is 1. The highest BCUT2D eigenvalue weighted by Crippen LogP contribution is 2.39. The van der Waals surface area contributed by atoms with Gasteiger partial charge in [0.2, 0.25) is 0 Å². The summed E-state index contributed by atoms with van der Waals surface area (Å²) >= 11 is 1.74. The maximum atomic E-state index is 9.82. The molecule has 1 aliphatic heterocycles.